The van der Waals surface area contributed by atoms with E-state index in [0.29, 0.717) is 54.9 Å². The van der Waals surface area contributed by atoms with Crippen LogP contribution in [0, 0.1) is 0 Å². The number of cyclic esters (lactones) is 1. The van der Waals surface area contributed by atoms with Crippen molar-refractivity contribution < 1.29 is 24.6 Å². The Hall–Kier alpha value is -3.56. The fourth-order valence-corrected chi connectivity index (χ4v) is 5.17. The van der Waals surface area contributed by atoms with Crippen molar-refractivity contribution in [2.75, 3.05) is 19.8 Å². The number of carbonyl (C=O) groups is 1. The number of aromatic nitrogens is 2. The van der Waals surface area contributed by atoms with Gasteiger partial charge in [-0.05, 0) is 37.0 Å². The smallest absolute Gasteiger partial charge is 0.307 e. The molecule has 0 aliphatic carbocycles. The maximum atomic E-state index is 13.7. The zero-order valence-electron chi connectivity index (χ0n) is 20.2. The Morgan fingerprint density at radius 1 is 1.22 bits per heavy atom. The standard InChI is InChI=1S/C27H29N3O6/c1-2-27(16-32)12-24(33)35-15-20-21(27)11-23-25-19(14-30(23)26(20)34)18(13-28-36-10-6-5-9-31)17-7-3-4-8-22(17)29-25/h3-4,7-8,11,13,31-32H,2,5-6,9-10,12,14-16H2,1H3/b28-13+. The van der Waals surface area contributed by atoms with E-state index in [-0.39, 0.29) is 31.8 Å². The highest BCUT2D eigenvalue weighted by Crippen LogP contribution is 2.41. The maximum Gasteiger partial charge on any atom is 0.307 e. The summed E-state index contributed by atoms with van der Waals surface area (Å²) >= 11 is 0. The van der Waals surface area contributed by atoms with Crippen LogP contribution in [0.4, 0.5) is 0 Å². The normalized spacial score (nSPS) is 18.6. The number of para-hydroxylation sites is 1. The number of aliphatic hydroxyl groups is 2. The Morgan fingerprint density at radius 2 is 2.06 bits per heavy atom. The summed E-state index contributed by atoms with van der Waals surface area (Å²) in [7, 11) is 0. The predicted molar refractivity (Wildman–Crippen MR) is 134 cm³/mol. The van der Waals surface area contributed by atoms with E-state index >= 15 is 0 Å². The zero-order valence-corrected chi connectivity index (χ0v) is 20.2. The molecule has 5 rings (SSSR count). The number of rotatable bonds is 8. The van der Waals surface area contributed by atoms with Crippen molar-refractivity contribution in [2.24, 2.45) is 5.16 Å². The highest BCUT2D eigenvalue weighted by atomic mass is 16.6. The summed E-state index contributed by atoms with van der Waals surface area (Å²) in [6, 6.07) is 9.61. The van der Waals surface area contributed by atoms with E-state index in [2.05, 4.69) is 5.16 Å². The number of fused-ring (bicyclic) bond motifs is 5. The molecule has 2 aromatic heterocycles. The molecule has 1 aromatic carbocycles. The number of unbranched alkanes of at least 4 members (excludes halogenated alkanes) is 1. The molecule has 188 valence electrons. The van der Waals surface area contributed by atoms with Crippen molar-refractivity contribution in [2.45, 2.75) is 51.2 Å². The third kappa shape index (κ3) is 3.98. The number of esters is 1. The average molecular weight is 492 g/mol. The molecule has 0 fully saturated rings. The molecular formula is C27H29N3O6. The van der Waals surface area contributed by atoms with Crippen LogP contribution in [0.15, 0.2) is 40.3 Å². The number of oxime groups is 1. The average Bonchev–Trinajstić information content (AvgIpc) is 3.19. The van der Waals surface area contributed by atoms with Crippen LogP contribution in [0.25, 0.3) is 22.3 Å². The van der Waals surface area contributed by atoms with Crippen LogP contribution in [0.2, 0.25) is 0 Å². The second-order valence-electron chi connectivity index (χ2n) is 9.31. The van der Waals surface area contributed by atoms with E-state index in [1.165, 1.54) is 0 Å². The first-order valence-electron chi connectivity index (χ1n) is 12.2. The molecule has 0 saturated heterocycles. The minimum atomic E-state index is -0.885. The molecule has 1 atom stereocenters. The Morgan fingerprint density at radius 3 is 2.83 bits per heavy atom. The second-order valence-corrected chi connectivity index (χ2v) is 9.31. The van der Waals surface area contributed by atoms with Gasteiger partial charge in [-0.2, -0.15) is 0 Å². The maximum absolute atomic E-state index is 13.7. The monoisotopic (exact) mass is 491 g/mol. The molecule has 0 spiro atoms. The SMILES string of the molecule is CCC1(CO)CC(=O)OCc2c1cc1n(c2=O)Cc2c-1nc1ccccc1c2/C=N/OCCCCO. The van der Waals surface area contributed by atoms with Gasteiger partial charge in [0, 0.05) is 28.5 Å². The van der Waals surface area contributed by atoms with E-state index in [9.17, 15) is 14.7 Å². The summed E-state index contributed by atoms with van der Waals surface area (Å²) in [4.78, 5) is 36.3. The molecule has 2 aliphatic heterocycles. The van der Waals surface area contributed by atoms with Gasteiger partial charge in [0.2, 0.25) is 0 Å². The van der Waals surface area contributed by atoms with Crippen molar-refractivity contribution in [3.8, 4) is 11.4 Å². The second kappa shape index (κ2) is 9.83. The number of nitrogens with zero attached hydrogens (tertiary/aromatic N) is 3. The Bertz CT molecular complexity index is 1410. The molecule has 3 aromatic rings. The van der Waals surface area contributed by atoms with E-state index in [1.807, 2.05) is 37.3 Å². The highest BCUT2D eigenvalue weighted by Gasteiger charge is 2.40. The molecule has 9 heteroatoms. The van der Waals surface area contributed by atoms with E-state index in [0.717, 1.165) is 22.0 Å². The lowest BCUT2D eigenvalue weighted by Gasteiger charge is -2.30. The Kier molecular flexibility index (Phi) is 6.59. The molecule has 4 heterocycles. The van der Waals surface area contributed by atoms with Gasteiger partial charge < -0.3 is 24.4 Å². The lowest BCUT2D eigenvalue weighted by Crippen LogP contribution is -2.35. The van der Waals surface area contributed by atoms with Gasteiger partial charge in [-0.25, -0.2) is 4.98 Å². The molecule has 2 N–H and O–H groups in total. The van der Waals surface area contributed by atoms with Crippen molar-refractivity contribution in [3.05, 3.63) is 62.9 Å². The predicted octanol–water partition coefficient (Wildman–Crippen LogP) is 2.64. The molecule has 2 aliphatic rings. The number of hydrogen-bond donors (Lipinski definition) is 2. The van der Waals surface area contributed by atoms with Crippen LogP contribution < -0.4 is 5.56 Å². The van der Waals surface area contributed by atoms with E-state index < -0.39 is 11.4 Å². The quantitative estimate of drug-likeness (QED) is 0.168. The summed E-state index contributed by atoms with van der Waals surface area (Å²) in [5.41, 5.74) is 3.70. The third-order valence-electron chi connectivity index (χ3n) is 7.31. The molecule has 0 radical (unpaired) electrons. The Labute approximate surface area is 208 Å². The summed E-state index contributed by atoms with van der Waals surface area (Å²) in [6.45, 7) is 2.33. The summed E-state index contributed by atoms with van der Waals surface area (Å²) in [6.07, 6.45) is 3.51. The van der Waals surface area contributed by atoms with Crippen molar-refractivity contribution in [3.63, 3.8) is 0 Å². The van der Waals surface area contributed by atoms with Gasteiger partial charge in [0.25, 0.3) is 5.56 Å². The number of benzene rings is 1. The van der Waals surface area contributed by atoms with Gasteiger partial charge in [0.05, 0.1) is 48.3 Å². The first-order valence-corrected chi connectivity index (χ1v) is 12.2. The number of carbonyl (C=O) groups excluding carboxylic acids is 1. The molecule has 0 amide bonds. The summed E-state index contributed by atoms with van der Waals surface area (Å²) in [5.74, 6) is -0.423. The van der Waals surface area contributed by atoms with Gasteiger partial charge in [-0.15, -0.1) is 0 Å². The minimum absolute atomic E-state index is 0.0133. The topological polar surface area (TPSA) is 123 Å². The van der Waals surface area contributed by atoms with Crippen LogP contribution in [0.1, 0.15) is 54.9 Å². The molecular weight excluding hydrogens is 462 g/mol. The summed E-state index contributed by atoms with van der Waals surface area (Å²) < 4.78 is 7.01. The Balaban J connectivity index is 1.66. The van der Waals surface area contributed by atoms with Gasteiger partial charge >= 0.3 is 5.97 Å². The van der Waals surface area contributed by atoms with Crippen molar-refractivity contribution in [1.29, 1.82) is 0 Å². The molecule has 1 unspecified atom stereocenters. The fourth-order valence-electron chi connectivity index (χ4n) is 5.17. The largest absolute Gasteiger partial charge is 0.461 e. The lowest BCUT2D eigenvalue weighted by molar-refractivity contribution is -0.146. The van der Waals surface area contributed by atoms with Gasteiger partial charge in [0.15, 0.2) is 0 Å². The van der Waals surface area contributed by atoms with E-state index in [1.54, 1.807) is 10.8 Å². The molecule has 0 saturated carbocycles. The summed E-state index contributed by atoms with van der Waals surface area (Å²) in [5, 5.41) is 24.3. The van der Waals surface area contributed by atoms with Crippen LogP contribution in [0.3, 0.4) is 0 Å². The minimum Gasteiger partial charge on any atom is -0.461 e. The van der Waals surface area contributed by atoms with Crippen molar-refractivity contribution >= 4 is 23.1 Å². The number of pyridine rings is 2. The third-order valence-corrected chi connectivity index (χ3v) is 7.31. The number of hydrogen-bond acceptors (Lipinski definition) is 8. The zero-order chi connectivity index (χ0) is 25.3. The fraction of sp³-hybridized carbons (Fsp3) is 0.407. The van der Waals surface area contributed by atoms with Crippen molar-refractivity contribution in [1.82, 2.24) is 9.55 Å². The number of aliphatic hydroxyl groups excluding tert-OH is 2. The molecule has 9 nitrogen and oxygen atoms in total. The molecule has 36 heavy (non-hydrogen) atoms. The van der Waals surface area contributed by atoms with E-state index in [4.69, 9.17) is 19.7 Å². The first-order chi connectivity index (χ1) is 17.5. The van der Waals surface area contributed by atoms with Gasteiger partial charge in [-0.3, -0.25) is 9.59 Å². The number of ether oxygens (including phenoxy) is 1. The molecule has 0 bridgehead atoms. The first kappa shape index (κ1) is 24.1. The van der Waals surface area contributed by atoms with Gasteiger partial charge in [-0.1, -0.05) is 30.3 Å². The lowest BCUT2D eigenvalue weighted by atomic mass is 9.74. The van der Waals surface area contributed by atoms with Crippen LogP contribution in [-0.4, -0.2) is 51.8 Å². The van der Waals surface area contributed by atoms with Crippen LogP contribution in [-0.2, 0) is 32.9 Å². The van der Waals surface area contributed by atoms with Crippen LogP contribution >= 0.6 is 0 Å². The van der Waals surface area contributed by atoms with Gasteiger partial charge in [0.1, 0.15) is 13.2 Å². The van der Waals surface area contributed by atoms with Crippen LogP contribution in [0.5, 0.6) is 0 Å². The highest BCUT2D eigenvalue weighted by molar-refractivity contribution is 6.02.